The minimum absolute atomic E-state index is 0.0783. The molecule has 2 aliphatic carbocycles. The molecule has 0 radical (unpaired) electrons. The van der Waals surface area contributed by atoms with Crippen molar-refractivity contribution in [2.45, 2.75) is 75.7 Å². The number of amides is 1. The first-order valence-electron chi connectivity index (χ1n) is 15.0. The number of aryl methyl sites for hydroxylation is 1. The van der Waals surface area contributed by atoms with Gasteiger partial charge in [0.2, 0.25) is 10.0 Å². The van der Waals surface area contributed by atoms with Crippen molar-refractivity contribution < 1.29 is 23.1 Å². The molecule has 2 aromatic rings. The van der Waals surface area contributed by atoms with E-state index >= 15 is 0 Å². The van der Waals surface area contributed by atoms with Crippen molar-refractivity contribution in [3.05, 3.63) is 70.3 Å². The maximum absolute atomic E-state index is 13.4. The van der Waals surface area contributed by atoms with E-state index in [0.29, 0.717) is 41.7 Å². The van der Waals surface area contributed by atoms with Gasteiger partial charge in [-0.25, -0.2) is 13.1 Å². The van der Waals surface area contributed by atoms with Crippen LogP contribution in [0.15, 0.2) is 48.6 Å². The Balaban J connectivity index is 1.38. The number of benzene rings is 2. The van der Waals surface area contributed by atoms with Gasteiger partial charge in [-0.1, -0.05) is 36.2 Å². The molecule has 0 unspecified atom stereocenters. The largest absolute Gasteiger partial charge is 0.487 e. The van der Waals surface area contributed by atoms with Gasteiger partial charge in [-0.05, 0) is 111 Å². The molecule has 5 atom stereocenters. The third-order valence-corrected chi connectivity index (χ3v) is 11.5. The number of sulfonamides is 1. The molecule has 2 aromatic carbocycles. The summed E-state index contributed by atoms with van der Waals surface area (Å²) in [6.45, 7) is 1.86. The predicted molar refractivity (Wildman–Crippen MR) is 161 cm³/mol. The standard InChI is InChI=1S/C32H39ClN2O5S/c33-26-11-8-25-20-40-31-14-10-23-18-29(31)35(15-2-1-5-22(25)17-26)19-24-9-12-28(24)30(36)13-7-21-4-3-6-27(16-21)41(38,39)34-32(23)37/h7-8,10-11,13-14,17-18,21,24,27-28,30,36H,1-6,9,12,15-16,19-20H2,(H,34,37)/b13-7+/t21-,24+,27-,28-,30+/m1/s1. The van der Waals surface area contributed by atoms with Gasteiger partial charge in [-0.15, -0.1) is 0 Å². The second kappa shape index (κ2) is 12.0. The summed E-state index contributed by atoms with van der Waals surface area (Å²) in [5, 5.41) is 11.2. The van der Waals surface area contributed by atoms with E-state index in [9.17, 15) is 18.3 Å². The van der Waals surface area contributed by atoms with Crippen molar-refractivity contribution >= 4 is 33.2 Å². The molecule has 0 aromatic heterocycles. The third kappa shape index (κ3) is 6.30. The number of nitrogens with one attached hydrogen (secondary N) is 1. The number of nitrogens with zero attached hydrogens (tertiary/aromatic N) is 1. The Morgan fingerprint density at radius 3 is 2.68 bits per heavy atom. The molecule has 6 rings (SSSR count). The van der Waals surface area contributed by atoms with Crippen LogP contribution in [-0.4, -0.2) is 43.9 Å². The van der Waals surface area contributed by atoms with Crippen LogP contribution >= 0.6 is 11.6 Å². The maximum atomic E-state index is 13.4. The van der Waals surface area contributed by atoms with Gasteiger partial charge in [-0.2, -0.15) is 0 Å². The van der Waals surface area contributed by atoms with Crippen molar-refractivity contribution in [1.29, 1.82) is 0 Å². The molecule has 41 heavy (non-hydrogen) atoms. The smallest absolute Gasteiger partial charge is 0.264 e. The van der Waals surface area contributed by atoms with Crippen LogP contribution in [0.25, 0.3) is 0 Å². The fraction of sp³-hybridized carbons (Fsp3) is 0.531. The maximum Gasteiger partial charge on any atom is 0.264 e. The van der Waals surface area contributed by atoms with Gasteiger partial charge in [0, 0.05) is 23.7 Å². The number of aliphatic hydroxyl groups is 1. The molecular formula is C32H39ClN2O5S. The van der Waals surface area contributed by atoms with Crippen LogP contribution in [0.2, 0.25) is 5.02 Å². The average molecular weight is 599 g/mol. The number of allylic oxidation sites excluding steroid dienone is 1. The minimum Gasteiger partial charge on any atom is -0.487 e. The number of anilines is 1. The first kappa shape index (κ1) is 28.6. The van der Waals surface area contributed by atoms with E-state index in [1.165, 1.54) is 5.56 Å². The lowest BCUT2D eigenvalue weighted by Gasteiger charge is -2.42. The molecule has 220 valence electrons. The summed E-state index contributed by atoms with van der Waals surface area (Å²) >= 11 is 6.30. The minimum atomic E-state index is -3.85. The second-order valence-electron chi connectivity index (χ2n) is 12.2. The molecule has 1 amide bonds. The molecule has 0 saturated heterocycles. The topological polar surface area (TPSA) is 95.9 Å². The molecule has 2 N–H and O–H groups in total. The summed E-state index contributed by atoms with van der Waals surface area (Å²) in [6, 6.07) is 11.1. The number of ether oxygens (including phenoxy) is 1. The van der Waals surface area contributed by atoms with E-state index < -0.39 is 27.3 Å². The summed E-state index contributed by atoms with van der Waals surface area (Å²) in [5.41, 5.74) is 3.34. The Morgan fingerprint density at radius 1 is 0.976 bits per heavy atom. The zero-order chi connectivity index (χ0) is 28.6. The van der Waals surface area contributed by atoms with E-state index in [1.54, 1.807) is 18.2 Å². The number of hydrogen-bond acceptors (Lipinski definition) is 6. The van der Waals surface area contributed by atoms with Gasteiger partial charge < -0.3 is 14.7 Å². The van der Waals surface area contributed by atoms with Crippen LogP contribution in [-0.2, 0) is 23.1 Å². The van der Waals surface area contributed by atoms with Gasteiger partial charge in [0.1, 0.15) is 12.4 Å². The fourth-order valence-corrected chi connectivity index (χ4v) is 8.67. The number of fused-ring (bicyclic) bond motifs is 5. The van der Waals surface area contributed by atoms with Crippen LogP contribution < -0.4 is 14.4 Å². The summed E-state index contributed by atoms with van der Waals surface area (Å²) in [5.74, 6) is 0.592. The van der Waals surface area contributed by atoms with Crippen molar-refractivity contribution in [2.75, 3.05) is 18.0 Å². The van der Waals surface area contributed by atoms with E-state index in [0.717, 1.165) is 69.3 Å². The number of hydrogen-bond donors (Lipinski definition) is 2. The highest BCUT2D eigenvalue weighted by Gasteiger charge is 2.38. The normalized spacial score (nSPS) is 30.7. The first-order chi connectivity index (χ1) is 19.8. The average Bonchev–Trinajstić information content (AvgIpc) is 2.97. The molecule has 4 aliphatic rings. The quantitative estimate of drug-likeness (QED) is 0.381. The van der Waals surface area contributed by atoms with Crippen molar-refractivity contribution in [3.63, 3.8) is 0 Å². The summed E-state index contributed by atoms with van der Waals surface area (Å²) in [4.78, 5) is 15.6. The molecule has 2 heterocycles. The molecule has 7 nitrogen and oxygen atoms in total. The van der Waals surface area contributed by atoms with Gasteiger partial charge in [0.25, 0.3) is 5.91 Å². The van der Waals surface area contributed by atoms with E-state index in [4.69, 9.17) is 16.3 Å². The SMILES string of the molecule is O=C1NS(=O)(=O)[C@@H]2CCC[C@H](/C=C/[C@H](O)[C@@H]3CC[C@H]3CN3CCCCc4cc(Cl)ccc4COc4ccc1cc43)C2. The monoisotopic (exact) mass is 598 g/mol. The zero-order valence-corrected chi connectivity index (χ0v) is 24.9. The van der Waals surface area contributed by atoms with Gasteiger partial charge in [0.05, 0.1) is 17.0 Å². The Hall–Kier alpha value is -2.55. The lowest BCUT2D eigenvalue weighted by Crippen LogP contribution is -2.43. The van der Waals surface area contributed by atoms with Crippen molar-refractivity contribution in [1.82, 2.24) is 4.72 Å². The van der Waals surface area contributed by atoms with E-state index in [1.807, 2.05) is 30.4 Å². The first-order valence-corrected chi connectivity index (χ1v) is 16.9. The Bertz CT molecular complexity index is 1430. The Kier molecular flexibility index (Phi) is 8.35. The fourth-order valence-electron chi connectivity index (χ4n) is 6.96. The van der Waals surface area contributed by atoms with Crippen molar-refractivity contribution in [3.8, 4) is 5.75 Å². The molecule has 0 spiro atoms. The molecule has 2 aliphatic heterocycles. The number of rotatable bonds is 0. The highest BCUT2D eigenvalue weighted by atomic mass is 35.5. The lowest BCUT2D eigenvalue weighted by atomic mass is 9.70. The van der Waals surface area contributed by atoms with Crippen LogP contribution in [0, 0.1) is 17.8 Å². The van der Waals surface area contributed by atoms with Crippen LogP contribution in [0.1, 0.15) is 72.9 Å². The Labute approximate surface area is 248 Å². The van der Waals surface area contributed by atoms with E-state index in [-0.39, 0.29) is 11.8 Å². The van der Waals surface area contributed by atoms with E-state index in [2.05, 4.69) is 9.62 Å². The molecule has 2 fully saturated rings. The second-order valence-corrected chi connectivity index (χ2v) is 14.6. The molecule has 4 bridgehead atoms. The number of carbonyl (C=O) groups excluding carboxylic acids is 1. The zero-order valence-electron chi connectivity index (χ0n) is 23.3. The summed E-state index contributed by atoms with van der Waals surface area (Å²) < 4.78 is 35.3. The third-order valence-electron chi connectivity index (χ3n) is 9.53. The number of aliphatic hydroxyl groups excluding tert-OH is 1. The molecule has 2 saturated carbocycles. The predicted octanol–water partition coefficient (Wildman–Crippen LogP) is 5.64. The molecular weight excluding hydrogens is 560 g/mol. The lowest BCUT2D eigenvalue weighted by molar-refractivity contribution is 0.0459. The summed E-state index contributed by atoms with van der Waals surface area (Å²) in [7, 11) is -3.85. The van der Waals surface area contributed by atoms with Crippen LogP contribution in [0.3, 0.4) is 0 Å². The van der Waals surface area contributed by atoms with Gasteiger partial charge in [-0.3, -0.25) is 4.79 Å². The Morgan fingerprint density at radius 2 is 1.85 bits per heavy atom. The van der Waals surface area contributed by atoms with Gasteiger partial charge >= 0.3 is 0 Å². The molecule has 9 heteroatoms. The number of carbonyl (C=O) groups is 1. The summed E-state index contributed by atoms with van der Waals surface area (Å²) in [6.07, 6.45) is 10.8. The highest BCUT2D eigenvalue weighted by Crippen LogP contribution is 2.41. The van der Waals surface area contributed by atoms with Gasteiger partial charge in [0.15, 0.2) is 0 Å². The highest BCUT2D eigenvalue weighted by molar-refractivity contribution is 7.90. The van der Waals surface area contributed by atoms with Crippen LogP contribution in [0.5, 0.6) is 5.75 Å². The number of halogens is 1. The van der Waals surface area contributed by atoms with Crippen molar-refractivity contribution in [2.24, 2.45) is 17.8 Å². The van der Waals surface area contributed by atoms with Crippen LogP contribution in [0.4, 0.5) is 5.69 Å².